The largest absolute Gasteiger partial charge is 0.480 e. The molecule has 1 atom stereocenters. The first-order valence-electron chi connectivity index (χ1n) is 7.85. The van der Waals surface area contributed by atoms with Crippen molar-refractivity contribution in [1.29, 1.82) is 0 Å². The van der Waals surface area contributed by atoms with Crippen LogP contribution in [0.2, 0.25) is 0 Å². The Balaban J connectivity index is 2.30. The van der Waals surface area contributed by atoms with E-state index in [-0.39, 0.29) is 12.6 Å². The van der Waals surface area contributed by atoms with Crippen LogP contribution in [0.1, 0.15) is 24.8 Å². The molecule has 1 aliphatic rings. The van der Waals surface area contributed by atoms with Gasteiger partial charge in [0.2, 0.25) is 0 Å². The molecule has 1 amide bonds. The molecule has 0 spiro atoms. The van der Waals surface area contributed by atoms with Gasteiger partial charge in [-0.25, -0.2) is 0 Å². The number of aliphatic hydroxyl groups excluding tert-OH is 1. The molecule has 0 fully saturated rings. The van der Waals surface area contributed by atoms with Crippen molar-refractivity contribution in [2.75, 3.05) is 20.2 Å². The summed E-state index contributed by atoms with van der Waals surface area (Å²) >= 11 is 0. The fourth-order valence-corrected chi connectivity index (χ4v) is 2.67. The predicted octanol–water partition coefficient (Wildman–Crippen LogP) is 1.01. The fraction of sp³-hybridized carbons (Fsp3) is 0.412. The third kappa shape index (κ3) is 4.33. The molecule has 1 aliphatic heterocycles. The average Bonchev–Trinajstić information content (AvgIpc) is 2.90. The van der Waals surface area contributed by atoms with Crippen LogP contribution in [-0.4, -0.2) is 53.4 Å². The Hall–Kier alpha value is -2.38. The Labute approximate surface area is 140 Å². The number of unbranched alkanes of at least 4 members (excludes halogenated alkanes) is 1. The van der Waals surface area contributed by atoms with Crippen molar-refractivity contribution in [2.24, 2.45) is 0 Å². The summed E-state index contributed by atoms with van der Waals surface area (Å²) in [7, 11) is 1.74. The van der Waals surface area contributed by atoms with Gasteiger partial charge in [-0.05, 0) is 19.3 Å². The number of amides is 1. The number of carboxylic acids is 1. The van der Waals surface area contributed by atoms with Gasteiger partial charge in [0.1, 0.15) is 6.54 Å². The average molecular weight is 334 g/mol. The van der Waals surface area contributed by atoms with E-state index in [0.717, 1.165) is 12.0 Å². The lowest BCUT2D eigenvalue weighted by Crippen LogP contribution is -2.36. The first-order chi connectivity index (χ1) is 11.5. The van der Waals surface area contributed by atoms with E-state index in [1.54, 1.807) is 12.1 Å². The van der Waals surface area contributed by atoms with Crippen molar-refractivity contribution in [3.8, 4) is 0 Å². The third-order valence-electron chi connectivity index (χ3n) is 3.82. The summed E-state index contributed by atoms with van der Waals surface area (Å²) in [6.45, 7) is -0.357. The zero-order chi connectivity index (χ0) is 17.5. The van der Waals surface area contributed by atoms with Gasteiger partial charge in [-0.2, -0.15) is 0 Å². The summed E-state index contributed by atoms with van der Waals surface area (Å²) in [6.07, 6.45) is 1.99. The monoisotopic (exact) mass is 334 g/mol. The molecule has 0 radical (unpaired) electrons. The van der Waals surface area contributed by atoms with E-state index in [1.807, 2.05) is 30.3 Å². The number of hydroxylamine groups is 2. The molecule has 3 N–H and O–H groups in total. The predicted molar refractivity (Wildman–Crippen MR) is 87.6 cm³/mol. The Kier molecular flexibility index (Phi) is 6.34. The molecule has 0 saturated heterocycles. The van der Waals surface area contributed by atoms with Crippen LogP contribution in [-0.2, 0) is 14.4 Å². The van der Waals surface area contributed by atoms with E-state index in [9.17, 15) is 9.59 Å². The van der Waals surface area contributed by atoms with Crippen LogP contribution < -0.4 is 5.32 Å². The number of rotatable bonds is 8. The van der Waals surface area contributed by atoms with E-state index in [0.29, 0.717) is 24.2 Å². The number of aliphatic hydroxyl groups is 1. The smallest absolute Gasteiger partial charge is 0.322 e. The number of nitrogens with zero attached hydrogens (tertiary/aromatic N) is 1. The fourth-order valence-electron chi connectivity index (χ4n) is 2.67. The molecule has 0 bridgehead atoms. The number of carbonyl (C=O) groups is 2. The van der Waals surface area contributed by atoms with Crippen molar-refractivity contribution in [2.45, 2.75) is 25.3 Å². The zero-order valence-corrected chi connectivity index (χ0v) is 13.6. The number of nitrogens with one attached hydrogen (secondary N) is 1. The van der Waals surface area contributed by atoms with Gasteiger partial charge in [-0.3, -0.25) is 9.59 Å². The molecule has 130 valence electrons. The molecule has 0 saturated carbocycles. The van der Waals surface area contributed by atoms with Gasteiger partial charge < -0.3 is 20.4 Å². The Morgan fingerprint density at radius 3 is 2.58 bits per heavy atom. The first-order valence-corrected chi connectivity index (χ1v) is 7.85. The Morgan fingerprint density at radius 1 is 1.25 bits per heavy atom. The van der Waals surface area contributed by atoms with E-state index in [1.165, 1.54) is 0 Å². The van der Waals surface area contributed by atoms with Gasteiger partial charge in [0.15, 0.2) is 5.76 Å². The number of hydrogen-bond acceptors (Lipinski definition) is 5. The molecule has 24 heavy (non-hydrogen) atoms. The summed E-state index contributed by atoms with van der Waals surface area (Å²) in [5, 5.41) is 21.8. The van der Waals surface area contributed by atoms with Crippen LogP contribution in [0.25, 0.3) is 5.76 Å². The quantitative estimate of drug-likeness (QED) is 0.614. The van der Waals surface area contributed by atoms with Gasteiger partial charge in [-0.1, -0.05) is 30.3 Å². The van der Waals surface area contributed by atoms with Crippen LogP contribution in [0.15, 0.2) is 35.9 Å². The number of likely N-dealkylation sites (N-methyl/N-ethyl adjacent to an activating group) is 1. The summed E-state index contributed by atoms with van der Waals surface area (Å²) in [6, 6.07) is 8.94. The van der Waals surface area contributed by atoms with Crippen molar-refractivity contribution in [3.05, 3.63) is 41.5 Å². The number of carbonyl (C=O) groups excluding carboxylic acids is 1. The minimum Gasteiger partial charge on any atom is -0.480 e. The molecule has 1 heterocycles. The van der Waals surface area contributed by atoms with Crippen molar-refractivity contribution in [3.63, 3.8) is 0 Å². The van der Waals surface area contributed by atoms with Crippen LogP contribution in [0, 0.1) is 0 Å². The van der Waals surface area contributed by atoms with Crippen molar-refractivity contribution >= 4 is 17.6 Å². The highest BCUT2D eigenvalue weighted by Crippen LogP contribution is 2.34. The lowest BCUT2D eigenvalue weighted by Gasteiger charge is -2.19. The van der Waals surface area contributed by atoms with Crippen LogP contribution in [0.4, 0.5) is 0 Å². The van der Waals surface area contributed by atoms with Gasteiger partial charge in [0.05, 0.1) is 11.6 Å². The van der Waals surface area contributed by atoms with Gasteiger partial charge in [0.25, 0.3) is 5.91 Å². The summed E-state index contributed by atoms with van der Waals surface area (Å²) in [4.78, 5) is 29.0. The Bertz CT molecular complexity index is 615. The maximum atomic E-state index is 12.5. The lowest BCUT2D eigenvalue weighted by atomic mass is 9.97. The minimum atomic E-state index is -1.10. The lowest BCUT2D eigenvalue weighted by molar-refractivity contribution is -0.137. The highest BCUT2D eigenvalue weighted by Gasteiger charge is 2.37. The highest BCUT2D eigenvalue weighted by molar-refractivity contribution is 6.02. The van der Waals surface area contributed by atoms with Gasteiger partial charge >= 0.3 is 5.97 Å². The second-order valence-corrected chi connectivity index (χ2v) is 5.56. The topological polar surface area (TPSA) is 99.1 Å². The van der Waals surface area contributed by atoms with E-state index in [4.69, 9.17) is 15.1 Å². The van der Waals surface area contributed by atoms with Crippen molar-refractivity contribution < 1.29 is 24.6 Å². The SMILES string of the molecule is CN1OC(c2ccccc2)=C(C(=O)NCC(=O)O)C1CCCCO. The molecule has 0 aromatic heterocycles. The summed E-state index contributed by atoms with van der Waals surface area (Å²) < 4.78 is 0. The summed E-state index contributed by atoms with van der Waals surface area (Å²) in [5.41, 5.74) is 1.18. The number of hydrogen-bond donors (Lipinski definition) is 3. The van der Waals surface area contributed by atoms with Gasteiger partial charge in [-0.15, -0.1) is 5.06 Å². The van der Waals surface area contributed by atoms with E-state index >= 15 is 0 Å². The third-order valence-corrected chi connectivity index (χ3v) is 3.82. The number of carboxylic acid groups (broad SMARTS) is 1. The maximum absolute atomic E-state index is 12.5. The van der Waals surface area contributed by atoms with Crippen LogP contribution in [0.3, 0.4) is 0 Å². The molecule has 0 aliphatic carbocycles. The van der Waals surface area contributed by atoms with E-state index in [2.05, 4.69) is 5.32 Å². The van der Waals surface area contributed by atoms with E-state index < -0.39 is 18.4 Å². The molecule has 7 nitrogen and oxygen atoms in total. The Morgan fingerprint density at radius 2 is 1.96 bits per heavy atom. The number of benzene rings is 1. The summed E-state index contributed by atoms with van der Waals surface area (Å²) in [5.74, 6) is -1.11. The molecular weight excluding hydrogens is 312 g/mol. The zero-order valence-electron chi connectivity index (χ0n) is 13.6. The van der Waals surface area contributed by atoms with Crippen LogP contribution in [0.5, 0.6) is 0 Å². The molecule has 2 rings (SSSR count). The second-order valence-electron chi connectivity index (χ2n) is 5.56. The highest BCUT2D eigenvalue weighted by atomic mass is 16.7. The van der Waals surface area contributed by atoms with Crippen molar-refractivity contribution in [1.82, 2.24) is 10.4 Å². The molecule has 1 aromatic carbocycles. The normalized spacial score (nSPS) is 17.7. The molecule has 1 aromatic rings. The first kappa shape index (κ1) is 18.0. The molecular formula is C17H22N2O5. The van der Waals surface area contributed by atoms with Crippen LogP contribution >= 0.6 is 0 Å². The van der Waals surface area contributed by atoms with Gasteiger partial charge in [0, 0.05) is 19.2 Å². The second kappa shape index (κ2) is 8.47. The number of aliphatic carboxylic acids is 1. The maximum Gasteiger partial charge on any atom is 0.322 e. The molecule has 1 unspecified atom stereocenters. The minimum absolute atomic E-state index is 0.0904. The molecule has 7 heteroatoms. The standard InChI is InChI=1S/C17H22N2O5/c1-19-13(9-5-6-10-20)15(17(23)18-11-14(21)22)16(24-19)12-7-3-2-4-8-12/h2-4,7-8,13,20H,5-6,9-11H2,1H3,(H,18,23)(H,21,22).